The quantitative estimate of drug-likeness (QED) is 0.165. The van der Waals surface area contributed by atoms with Crippen molar-refractivity contribution in [2.24, 2.45) is 4.99 Å². The molecule has 2 atom stereocenters. The van der Waals surface area contributed by atoms with Gasteiger partial charge in [0.1, 0.15) is 11.5 Å². The molecule has 0 spiro atoms. The second kappa shape index (κ2) is 12.2. The van der Waals surface area contributed by atoms with Crippen molar-refractivity contribution in [3.8, 4) is 22.6 Å². The van der Waals surface area contributed by atoms with Gasteiger partial charge in [0.25, 0.3) is 5.91 Å². The van der Waals surface area contributed by atoms with Gasteiger partial charge in [0.15, 0.2) is 11.6 Å². The van der Waals surface area contributed by atoms with Gasteiger partial charge in [-0.05, 0) is 64.2 Å². The normalized spacial score (nSPS) is 18.7. The maximum Gasteiger partial charge on any atom is 0.253 e. The largest absolute Gasteiger partial charge is 0.497 e. The first-order chi connectivity index (χ1) is 21.1. The van der Waals surface area contributed by atoms with Crippen molar-refractivity contribution in [3.05, 3.63) is 132 Å². The molecule has 43 heavy (non-hydrogen) atoms. The number of nitrogens with one attached hydrogen (secondary N) is 1. The molecule has 4 aromatic rings. The van der Waals surface area contributed by atoms with E-state index in [2.05, 4.69) is 36.2 Å². The molecule has 0 aromatic heterocycles. The minimum atomic E-state index is -1.33. The first-order valence-corrected chi connectivity index (χ1v) is 14.4. The number of nitrogens with zero attached hydrogens (tertiary/aromatic N) is 1. The number of aliphatic hydroxyl groups is 1. The summed E-state index contributed by atoms with van der Waals surface area (Å²) in [7, 11) is 1.61. The van der Waals surface area contributed by atoms with Gasteiger partial charge in [0.05, 0.1) is 19.8 Å². The van der Waals surface area contributed by atoms with Gasteiger partial charge >= 0.3 is 0 Å². The summed E-state index contributed by atoms with van der Waals surface area (Å²) in [5.74, 6) is 1.44. The number of carbonyl (C=O) groups is 1. The smallest absolute Gasteiger partial charge is 0.253 e. The van der Waals surface area contributed by atoms with Crippen molar-refractivity contribution in [3.63, 3.8) is 0 Å². The molecular formula is C36H34N2O5. The zero-order valence-corrected chi connectivity index (χ0v) is 24.0. The highest BCUT2D eigenvalue weighted by atomic mass is 16.5. The van der Waals surface area contributed by atoms with E-state index in [0.29, 0.717) is 30.4 Å². The summed E-state index contributed by atoms with van der Waals surface area (Å²) in [6, 6.07) is 30.9. The Morgan fingerprint density at radius 3 is 2.33 bits per heavy atom. The Labute approximate surface area is 251 Å². The van der Waals surface area contributed by atoms with Gasteiger partial charge < -0.3 is 24.6 Å². The molecule has 0 radical (unpaired) electrons. The summed E-state index contributed by atoms with van der Waals surface area (Å²) in [5.41, 5.74) is 4.47. The van der Waals surface area contributed by atoms with Crippen molar-refractivity contribution in [2.75, 3.05) is 20.3 Å². The van der Waals surface area contributed by atoms with Crippen molar-refractivity contribution < 1.29 is 24.1 Å². The fourth-order valence-corrected chi connectivity index (χ4v) is 5.91. The van der Waals surface area contributed by atoms with Crippen LogP contribution in [-0.4, -0.2) is 42.8 Å². The van der Waals surface area contributed by atoms with Crippen molar-refractivity contribution >= 4 is 11.8 Å². The molecule has 1 aliphatic carbocycles. The number of methoxy groups -OCH3 is 1. The van der Waals surface area contributed by atoms with Crippen LogP contribution in [0, 0.1) is 0 Å². The van der Waals surface area contributed by atoms with E-state index in [1.165, 1.54) is 0 Å². The molecule has 0 unspecified atom stereocenters. The predicted molar refractivity (Wildman–Crippen MR) is 166 cm³/mol. The summed E-state index contributed by atoms with van der Waals surface area (Å²) in [4.78, 5) is 19.7. The van der Waals surface area contributed by atoms with Crippen LogP contribution in [0.4, 0.5) is 0 Å². The highest BCUT2D eigenvalue weighted by Gasteiger charge is 2.53. The molecule has 7 heteroatoms. The van der Waals surface area contributed by atoms with E-state index in [0.717, 1.165) is 33.4 Å². The summed E-state index contributed by atoms with van der Waals surface area (Å²) in [5, 5.41) is 12.4. The Balaban J connectivity index is 1.40. The average Bonchev–Trinajstić information content (AvgIpc) is 3.59. The van der Waals surface area contributed by atoms with E-state index in [1.54, 1.807) is 13.2 Å². The van der Waals surface area contributed by atoms with Gasteiger partial charge in [0, 0.05) is 25.0 Å². The first kappa shape index (κ1) is 28.2. The van der Waals surface area contributed by atoms with Crippen LogP contribution < -0.4 is 14.8 Å². The molecule has 0 saturated heterocycles. The Bertz CT molecular complexity index is 1620. The number of aliphatic hydroxyl groups excluding tert-OH is 1. The van der Waals surface area contributed by atoms with Gasteiger partial charge in [-0.15, -0.1) is 6.58 Å². The second-order valence-corrected chi connectivity index (χ2v) is 10.6. The Morgan fingerprint density at radius 1 is 0.977 bits per heavy atom. The second-order valence-electron chi connectivity index (χ2n) is 10.6. The minimum Gasteiger partial charge on any atom is -0.497 e. The zero-order chi connectivity index (χ0) is 29.8. The molecule has 0 fully saturated rings. The fourth-order valence-electron chi connectivity index (χ4n) is 5.91. The van der Waals surface area contributed by atoms with E-state index in [1.807, 2.05) is 72.8 Å². The molecule has 1 heterocycles. The predicted octanol–water partition coefficient (Wildman–Crippen LogP) is 6.18. The monoisotopic (exact) mass is 574 g/mol. The lowest BCUT2D eigenvalue weighted by Crippen LogP contribution is -2.49. The lowest BCUT2D eigenvalue weighted by atomic mass is 9.84. The molecular weight excluding hydrogens is 540 g/mol. The van der Waals surface area contributed by atoms with Crippen LogP contribution in [0.1, 0.15) is 47.2 Å². The van der Waals surface area contributed by atoms with Gasteiger partial charge in [-0.2, -0.15) is 0 Å². The molecule has 1 amide bonds. The lowest BCUT2D eigenvalue weighted by Gasteiger charge is -2.31. The van der Waals surface area contributed by atoms with Crippen LogP contribution in [0.25, 0.3) is 11.1 Å². The van der Waals surface area contributed by atoms with Crippen LogP contribution in [0.2, 0.25) is 0 Å². The number of fused-ring (bicyclic) bond motifs is 3. The van der Waals surface area contributed by atoms with Crippen LogP contribution in [0.15, 0.2) is 115 Å². The van der Waals surface area contributed by atoms with Crippen LogP contribution in [-0.2, 0) is 9.53 Å². The number of rotatable bonds is 11. The molecule has 1 aliphatic heterocycles. The standard InChI is InChI=1S/C36H34N2O5/c1-3-20-36(35(40)37-32-30-14-6-4-12-28(30)29-13-5-7-15-31(29)32)33(25-10-8-11-27(23-25)41-2)43-34(38-36)24-16-18-26(19-17-24)42-22-9-21-39/h3-8,10-19,23,32-33,39H,1,9,20-22H2,2H3,(H,37,40)/t33-,36-/m1/s1. The number of carbonyl (C=O) groups excluding carboxylic acids is 1. The molecule has 4 aromatic carbocycles. The highest BCUT2D eigenvalue weighted by Crippen LogP contribution is 2.46. The SMILES string of the molecule is C=CC[C@@]1(C(=O)NC2c3ccccc3-c3ccccc32)N=C(c2ccc(OCCCO)cc2)O[C@@H]1c1cccc(OC)c1. The maximum absolute atomic E-state index is 14.6. The average molecular weight is 575 g/mol. The van der Waals surface area contributed by atoms with Crippen LogP contribution in [0.3, 0.4) is 0 Å². The number of amides is 1. The zero-order valence-electron chi connectivity index (χ0n) is 24.0. The summed E-state index contributed by atoms with van der Waals surface area (Å²) >= 11 is 0. The third kappa shape index (κ3) is 5.28. The van der Waals surface area contributed by atoms with E-state index < -0.39 is 11.6 Å². The van der Waals surface area contributed by atoms with E-state index in [4.69, 9.17) is 24.3 Å². The fraction of sp³-hybridized carbons (Fsp3) is 0.222. The Morgan fingerprint density at radius 2 is 1.67 bits per heavy atom. The Hall–Kier alpha value is -4.88. The molecule has 2 N–H and O–H groups in total. The number of aliphatic imine (C=N–C) groups is 1. The van der Waals surface area contributed by atoms with Crippen LogP contribution >= 0.6 is 0 Å². The topological polar surface area (TPSA) is 89.4 Å². The summed E-state index contributed by atoms with van der Waals surface area (Å²) in [6.07, 6.45) is 1.79. The molecule has 218 valence electrons. The van der Waals surface area contributed by atoms with Gasteiger partial charge in [0.2, 0.25) is 5.90 Å². The van der Waals surface area contributed by atoms with Crippen molar-refractivity contribution in [2.45, 2.75) is 30.5 Å². The lowest BCUT2D eigenvalue weighted by molar-refractivity contribution is -0.129. The van der Waals surface area contributed by atoms with E-state index in [9.17, 15) is 4.79 Å². The molecule has 6 rings (SSSR count). The van der Waals surface area contributed by atoms with Crippen LogP contribution in [0.5, 0.6) is 11.5 Å². The van der Waals surface area contributed by atoms with E-state index >= 15 is 0 Å². The third-order valence-electron chi connectivity index (χ3n) is 7.99. The van der Waals surface area contributed by atoms with E-state index in [-0.39, 0.29) is 25.0 Å². The van der Waals surface area contributed by atoms with Gasteiger partial charge in [-0.1, -0.05) is 66.7 Å². The number of ether oxygens (including phenoxy) is 3. The van der Waals surface area contributed by atoms with Crippen molar-refractivity contribution in [1.29, 1.82) is 0 Å². The summed E-state index contributed by atoms with van der Waals surface area (Å²) < 4.78 is 17.8. The number of benzene rings is 4. The number of hydrogen-bond acceptors (Lipinski definition) is 6. The van der Waals surface area contributed by atoms with Crippen molar-refractivity contribution in [1.82, 2.24) is 5.32 Å². The minimum absolute atomic E-state index is 0.0693. The summed E-state index contributed by atoms with van der Waals surface area (Å²) in [6.45, 7) is 4.49. The highest BCUT2D eigenvalue weighted by molar-refractivity contribution is 6.01. The number of hydrogen-bond donors (Lipinski definition) is 2. The molecule has 2 aliphatic rings. The Kier molecular flexibility index (Phi) is 7.99. The maximum atomic E-state index is 14.6. The first-order valence-electron chi connectivity index (χ1n) is 14.4. The molecule has 0 bridgehead atoms. The third-order valence-corrected chi connectivity index (χ3v) is 7.99. The van der Waals surface area contributed by atoms with Gasteiger partial charge in [-0.25, -0.2) is 4.99 Å². The van der Waals surface area contributed by atoms with Gasteiger partial charge in [-0.3, -0.25) is 4.79 Å². The molecule has 7 nitrogen and oxygen atoms in total. The molecule has 0 saturated carbocycles.